The number of rotatable bonds is 1. The van der Waals surface area contributed by atoms with Crippen LogP contribution in [0.3, 0.4) is 0 Å². The molecule has 0 aromatic carbocycles. The fraction of sp³-hybridized carbons (Fsp3) is 0.933. The van der Waals surface area contributed by atoms with Gasteiger partial charge in [-0.05, 0) is 43.4 Å². The zero-order valence-corrected chi connectivity index (χ0v) is 11.7. The Bertz CT molecular complexity index is 273. The lowest BCUT2D eigenvalue weighted by Gasteiger charge is -2.38. The first-order valence-corrected chi connectivity index (χ1v) is 7.27. The molecular weight excluding hydrogens is 210 g/mol. The van der Waals surface area contributed by atoms with Crippen LogP contribution in [0, 0.1) is 17.3 Å². The molecule has 2 heteroatoms. The van der Waals surface area contributed by atoms with Crippen molar-refractivity contribution in [1.82, 2.24) is 4.90 Å². The molecule has 0 aromatic rings. The normalized spacial score (nSPS) is 30.6. The van der Waals surface area contributed by atoms with Crippen LogP contribution in [-0.4, -0.2) is 23.9 Å². The van der Waals surface area contributed by atoms with Crippen molar-refractivity contribution < 1.29 is 4.79 Å². The van der Waals surface area contributed by atoms with Gasteiger partial charge >= 0.3 is 0 Å². The molecule has 1 heterocycles. The summed E-state index contributed by atoms with van der Waals surface area (Å²) >= 11 is 0. The summed E-state index contributed by atoms with van der Waals surface area (Å²) in [6, 6.07) is 0. The molecule has 0 N–H and O–H groups in total. The maximum absolute atomic E-state index is 12.4. The van der Waals surface area contributed by atoms with Crippen molar-refractivity contribution in [2.45, 2.75) is 59.3 Å². The third-order valence-corrected chi connectivity index (χ3v) is 4.67. The zero-order chi connectivity index (χ0) is 12.5. The highest BCUT2D eigenvalue weighted by Crippen LogP contribution is 2.40. The molecule has 1 amide bonds. The summed E-state index contributed by atoms with van der Waals surface area (Å²) in [7, 11) is 0. The number of carbonyl (C=O) groups is 1. The molecule has 2 fully saturated rings. The summed E-state index contributed by atoms with van der Waals surface area (Å²) in [6.07, 6.45) is 7.22. The Balaban J connectivity index is 1.94. The van der Waals surface area contributed by atoms with E-state index in [1.165, 1.54) is 25.7 Å². The van der Waals surface area contributed by atoms with Gasteiger partial charge in [-0.2, -0.15) is 0 Å². The number of hydrogen-bond donors (Lipinski definition) is 0. The fourth-order valence-electron chi connectivity index (χ4n) is 3.40. The maximum atomic E-state index is 12.4. The minimum Gasteiger partial charge on any atom is -0.342 e. The second-order valence-corrected chi connectivity index (χ2v) is 6.96. The van der Waals surface area contributed by atoms with Crippen molar-refractivity contribution in [3.8, 4) is 0 Å². The second-order valence-electron chi connectivity index (χ2n) is 6.96. The lowest BCUT2D eigenvalue weighted by Crippen LogP contribution is -2.38. The molecule has 0 bridgehead atoms. The van der Waals surface area contributed by atoms with Crippen molar-refractivity contribution in [1.29, 1.82) is 0 Å². The lowest BCUT2D eigenvalue weighted by atomic mass is 9.69. The molecule has 2 nitrogen and oxygen atoms in total. The van der Waals surface area contributed by atoms with Crippen LogP contribution in [0.4, 0.5) is 0 Å². The van der Waals surface area contributed by atoms with E-state index in [0.717, 1.165) is 31.8 Å². The first kappa shape index (κ1) is 12.9. The van der Waals surface area contributed by atoms with Gasteiger partial charge in [-0.15, -0.1) is 0 Å². The van der Waals surface area contributed by atoms with E-state index in [0.29, 0.717) is 17.2 Å². The molecule has 98 valence electrons. The average molecular weight is 237 g/mol. The van der Waals surface area contributed by atoms with Crippen LogP contribution in [0.1, 0.15) is 59.3 Å². The van der Waals surface area contributed by atoms with Crippen LogP contribution in [0.25, 0.3) is 0 Å². The van der Waals surface area contributed by atoms with Gasteiger partial charge in [0.05, 0.1) is 0 Å². The van der Waals surface area contributed by atoms with Crippen molar-refractivity contribution >= 4 is 5.91 Å². The number of carbonyl (C=O) groups excluding carboxylic acids is 1. The molecule has 2 rings (SSSR count). The Morgan fingerprint density at radius 2 is 1.71 bits per heavy atom. The molecule has 1 saturated carbocycles. The maximum Gasteiger partial charge on any atom is 0.225 e. The van der Waals surface area contributed by atoms with Crippen LogP contribution in [0.15, 0.2) is 0 Å². The Kier molecular flexibility index (Phi) is 3.79. The topological polar surface area (TPSA) is 20.3 Å². The summed E-state index contributed by atoms with van der Waals surface area (Å²) in [5.74, 6) is 1.51. The number of nitrogens with zero attached hydrogens (tertiary/aromatic N) is 1. The molecule has 1 aliphatic heterocycles. The van der Waals surface area contributed by atoms with E-state index in [1.807, 2.05) is 0 Å². The zero-order valence-electron chi connectivity index (χ0n) is 11.7. The molecule has 2 unspecified atom stereocenters. The van der Waals surface area contributed by atoms with Gasteiger partial charge in [0.25, 0.3) is 0 Å². The molecule has 1 aliphatic carbocycles. The predicted octanol–water partition coefficient (Wildman–Crippen LogP) is 3.46. The molecule has 0 aromatic heterocycles. The minimum absolute atomic E-state index is 0.325. The summed E-state index contributed by atoms with van der Waals surface area (Å²) in [4.78, 5) is 14.5. The predicted molar refractivity (Wildman–Crippen MR) is 70.7 cm³/mol. The van der Waals surface area contributed by atoms with E-state index in [2.05, 4.69) is 25.7 Å². The van der Waals surface area contributed by atoms with E-state index in [1.54, 1.807) is 0 Å². The van der Waals surface area contributed by atoms with Gasteiger partial charge in [0.2, 0.25) is 5.91 Å². The van der Waals surface area contributed by atoms with E-state index in [4.69, 9.17) is 0 Å². The number of likely N-dealkylation sites (tertiary alicyclic amines) is 1. The summed E-state index contributed by atoms with van der Waals surface area (Å²) in [5, 5.41) is 0. The summed E-state index contributed by atoms with van der Waals surface area (Å²) in [6.45, 7) is 8.98. The highest BCUT2D eigenvalue weighted by molar-refractivity contribution is 5.79. The van der Waals surface area contributed by atoms with Gasteiger partial charge in [-0.25, -0.2) is 0 Å². The molecular formula is C15H27NO. The molecule has 17 heavy (non-hydrogen) atoms. The fourth-order valence-corrected chi connectivity index (χ4v) is 3.40. The van der Waals surface area contributed by atoms with Crippen molar-refractivity contribution in [2.75, 3.05) is 13.1 Å². The summed E-state index contributed by atoms with van der Waals surface area (Å²) < 4.78 is 0. The monoisotopic (exact) mass is 237 g/mol. The standard InChI is InChI=1S/C15H27NO/c1-15(2,3)13-8-6-7-12(11-13)14(17)16-9-4-5-10-16/h12-13H,4-11H2,1-3H3. The van der Waals surface area contributed by atoms with Crippen LogP contribution >= 0.6 is 0 Å². The van der Waals surface area contributed by atoms with Crippen molar-refractivity contribution in [2.24, 2.45) is 17.3 Å². The van der Waals surface area contributed by atoms with Gasteiger partial charge in [0.1, 0.15) is 0 Å². The highest BCUT2D eigenvalue weighted by Gasteiger charge is 2.35. The van der Waals surface area contributed by atoms with E-state index in [-0.39, 0.29) is 0 Å². The van der Waals surface area contributed by atoms with E-state index < -0.39 is 0 Å². The molecule has 1 saturated heterocycles. The Morgan fingerprint density at radius 3 is 2.29 bits per heavy atom. The highest BCUT2D eigenvalue weighted by atomic mass is 16.2. The SMILES string of the molecule is CC(C)(C)C1CCCC(C(=O)N2CCCC2)C1. The van der Waals surface area contributed by atoms with Crippen molar-refractivity contribution in [3.05, 3.63) is 0 Å². The Morgan fingerprint density at radius 1 is 1.06 bits per heavy atom. The van der Waals surface area contributed by atoms with Gasteiger partial charge in [0.15, 0.2) is 0 Å². The van der Waals surface area contributed by atoms with Gasteiger partial charge in [-0.1, -0.05) is 27.2 Å². The second kappa shape index (κ2) is 4.99. The van der Waals surface area contributed by atoms with Crippen LogP contribution in [0.2, 0.25) is 0 Å². The van der Waals surface area contributed by atoms with Gasteiger partial charge in [0, 0.05) is 19.0 Å². The van der Waals surface area contributed by atoms with Crippen LogP contribution in [-0.2, 0) is 4.79 Å². The Labute approximate surface area is 106 Å². The summed E-state index contributed by atoms with van der Waals surface area (Å²) in [5.41, 5.74) is 0.365. The van der Waals surface area contributed by atoms with E-state index >= 15 is 0 Å². The van der Waals surface area contributed by atoms with Gasteiger partial charge in [-0.3, -0.25) is 4.79 Å². The molecule has 0 radical (unpaired) electrons. The number of amides is 1. The molecule has 2 atom stereocenters. The van der Waals surface area contributed by atoms with E-state index in [9.17, 15) is 4.79 Å². The molecule has 0 spiro atoms. The minimum atomic E-state index is 0.325. The third-order valence-electron chi connectivity index (χ3n) is 4.67. The lowest BCUT2D eigenvalue weighted by molar-refractivity contribution is -0.136. The smallest absolute Gasteiger partial charge is 0.225 e. The first-order chi connectivity index (χ1) is 7.98. The van der Waals surface area contributed by atoms with Crippen molar-refractivity contribution in [3.63, 3.8) is 0 Å². The molecule has 2 aliphatic rings. The average Bonchev–Trinajstić information content (AvgIpc) is 2.80. The van der Waals surface area contributed by atoms with Crippen LogP contribution in [0.5, 0.6) is 0 Å². The number of hydrogen-bond acceptors (Lipinski definition) is 1. The largest absolute Gasteiger partial charge is 0.342 e. The Hall–Kier alpha value is -0.530. The third kappa shape index (κ3) is 3.02. The first-order valence-electron chi connectivity index (χ1n) is 7.27. The van der Waals surface area contributed by atoms with Gasteiger partial charge < -0.3 is 4.90 Å². The van der Waals surface area contributed by atoms with Crippen LogP contribution < -0.4 is 0 Å². The quantitative estimate of drug-likeness (QED) is 0.684.